The molecule has 6 atom stereocenters. The number of hydrogen-bond acceptors (Lipinski definition) is 10. The first-order chi connectivity index (χ1) is 17.2. The van der Waals surface area contributed by atoms with Gasteiger partial charge in [0.25, 0.3) is 0 Å². The number of azide groups is 1. The molecule has 1 aliphatic heterocycles. The summed E-state index contributed by atoms with van der Waals surface area (Å²) >= 11 is 0.829. The maximum absolute atomic E-state index is 12.3. The zero-order valence-corrected chi connectivity index (χ0v) is 20.0. The average Bonchev–Trinajstić information content (AvgIpc) is 2.87. The van der Waals surface area contributed by atoms with Gasteiger partial charge in [0, 0.05) is 23.5 Å². The molecular formula is C22H28N4O9S. The molecule has 196 valence electrons. The first-order valence-electron chi connectivity index (χ1n) is 10.8. The second-order valence-electron chi connectivity index (χ2n) is 7.87. The van der Waals surface area contributed by atoms with Crippen LogP contribution >= 0.6 is 11.8 Å². The molecule has 14 heteroatoms. The molecule has 1 aromatic carbocycles. The van der Waals surface area contributed by atoms with E-state index in [1.807, 2.05) is 0 Å². The van der Waals surface area contributed by atoms with Gasteiger partial charge >= 0.3 is 5.97 Å². The number of terminal acetylenes is 1. The van der Waals surface area contributed by atoms with Gasteiger partial charge in [-0.25, -0.2) is 4.79 Å². The Hall–Kier alpha value is -3.02. The van der Waals surface area contributed by atoms with Crippen LogP contribution in [0, 0.1) is 12.3 Å². The molecule has 0 radical (unpaired) electrons. The summed E-state index contributed by atoms with van der Waals surface area (Å²) in [6.07, 6.45) is -1.54. The lowest BCUT2D eigenvalue weighted by molar-refractivity contribution is -0.202. The number of aliphatic hydroxyl groups excluding tert-OH is 4. The second kappa shape index (κ2) is 13.9. The van der Waals surface area contributed by atoms with Gasteiger partial charge < -0.3 is 40.3 Å². The highest BCUT2D eigenvalue weighted by Gasteiger charge is 2.55. The van der Waals surface area contributed by atoms with Gasteiger partial charge in [-0.3, -0.25) is 4.79 Å². The van der Waals surface area contributed by atoms with Gasteiger partial charge in [-0.2, -0.15) is 0 Å². The number of benzene rings is 1. The van der Waals surface area contributed by atoms with E-state index in [0.717, 1.165) is 11.8 Å². The first kappa shape index (κ1) is 29.2. The van der Waals surface area contributed by atoms with E-state index in [2.05, 4.69) is 21.3 Å². The molecular weight excluding hydrogens is 496 g/mol. The molecule has 1 saturated heterocycles. The van der Waals surface area contributed by atoms with Crippen molar-refractivity contribution in [2.24, 2.45) is 5.11 Å². The molecule has 0 spiro atoms. The maximum Gasteiger partial charge on any atom is 0.346 e. The van der Waals surface area contributed by atoms with Gasteiger partial charge in [0.2, 0.25) is 10.8 Å². The monoisotopic (exact) mass is 524 g/mol. The number of carbonyl (C=O) groups excluding carboxylic acids is 1. The molecule has 13 nitrogen and oxygen atoms in total. The zero-order valence-electron chi connectivity index (χ0n) is 19.1. The quantitative estimate of drug-likeness (QED) is 0.0654. The zero-order chi connectivity index (χ0) is 26.7. The van der Waals surface area contributed by atoms with E-state index in [0.29, 0.717) is 24.3 Å². The van der Waals surface area contributed by atoms with Crippen molar-refractivity contribution in [3.63, 3.8) is 0 Å². The minimum Gasteiger partial charge on any atom is -0.493 e. The maximum atomic E-state index is 12.3. The second-order valence-corrected chi connectivity index (χ2v) is 9.11. The lowest BCUT2D eigenvalue weighted by atomic mass is 9.89. The van der Waals surface area contributed by atoms with Crippen molar-refractivity contribution >= 4 is 23.6 Å². The van der Waals surface area contributed by atoms with Crippen LogP contribution < -0.4 is 10.1 Å². The molecule has 0 saturated carbocycles. The summed E-state index contributed by atoms with van der Waals surface area (Å²) in [5, 5.41) is 56.1. The molecule has 0 aromatic heterocycles. The summed E-state index contributed by atoms with van der Waals surface area (Å²) < 4.78 is 11.2. The molecule has 1 aromatic rings. The smallest absolute Gasteiger partial charge is 0.346 e. The topological polar surface area (TPSA) is 215 Å². The molecule has 1 fully saturated rings. The molecule has 0 bridgehead atoms. The normalized spacial score (nSPS) is 25.0. The number of nitrogens with zero attached hydrogens (tertiary/aromatic N) is 3. The summed E-state index contributed by atoms with van der Waals surface area (Å²) in [6, 6.07) is 5.44. The fourth-order valence-electron chi connectivity index (χ4n) is 3.50. The predicted octanol–water partition coefficient (Wildman–Crippen LogP) is -0.238. The van der Waals surface area contributed by atoms with E-state index in [4.69, 9.17) is 26.5 Å². The minimum atomic E-state index is -2.06. The Labute approximate surface area is 211 Å². The van der Waals surface area contributed by atoms with Crippen LogP contribution in [0.25, 0.3) is 10.4 Å². The third kappa shape index (κ3) is 7.74. The Bertz CT molecular complexity index is 983. The summed E-state index contributed by atoms with van der Waals surface area (Å²) in [5.74, 6) is 0.805. The standard InChI is InChI=1S/C22H28N4O9S/c1-2-3-8-34-14-6-4-13(5-7-14)12-36-22(21(32)33)9-15(28)18(25-17(30)11-27)20(35-22)19(31)16(29)10-24-26-23/h1,4-7,15-16,18-20,27-29,31H,3,8-12H2,(H,25,30)(H,32,33)/t15-,16+,18+,19+,20+,22-/m0/s1. The molecule has 1 heterocycles. The lowest BCUT2D eigenvalue weighted by Crippen LogP contribution is -2.66. The fraction of sp³-hybridized carbons (Fsp3) is 0.545. The Morgan fingerprint density at radius 1 is 1.39 bits per heavy atom. The van der Waals surface area contributed by atoms with Crippen molar-refractivity contribution in [3.8, 4) is 18.1 Å². The van der Waals surface area contributed by atoms with E-state index >= 15 is 0 Å². The Morgan fingerprint density at radius 2 is 2.08 bits per heavy atom. The van der Waals surface area contributed by atoms with Gasteiger partial charge in [0.1, 0.15) is 24.6 Å². The number of carboxylic acids is 1. The van der Waals surface area contributed by atoms with Crippen LogP contribution in [0.3, 0.4) is 0 Å². The van der Waals surface area contributed by atoms with Crippen LogP contribution in [-0.4, -0.2) is 92.6 Å². The number of hydrogen-bond donors (Lipinski definition) is 6. The Balaban J connectivity index is 2.25. The summed E-state index contributed by atoms with van der Waals surface area (Å²) in [5.41, 5.74) is 9.18. The number of carboxylic acid groups (broad SMARTS) is 1. The Kier molecular flexibility index (Phi) is 11.3. The van der Waals surface area contributed by atoms with Crippen molar-refractivity contribution < 1.29 is 44.6 Å². The van der Waals surface area contributed by atoms with Gasteiger partial charge in [0.15, 0.2) is 0 Å². The highest BCUT2D eigenvalue weighted by Crippen LogP contribution is 2.42. The van der Waals surface area contributed by atoms with Crippen LogP contribution in [-0.2, 0) is 20.1 Å². The number of aliphatic hydroxyl groups is 4. The van der Waals surface area contributed by atoms with Crippen LogP contribution in [0.4, 0.5) is 0 Å². The number of carbonyl (C=O) groups is 2. The first-order valence-corrected chi connectivity index (χ1v) is 11.8. The number of rotatable bonds is 13. The van der Waals surface area contributed by atoms with E-state index in [1.165, 1.54) is 0 Å². The third-order valence-corrected chi connectivity index (χ3v) is 6.72. The van der Waals surface area contributed by atoms with Crippen molar-refractivity contribution in [3.05, 3.63) is 40.3 Å². The SMILES string of the molecule is C#CCCOc1ccc(CS[C@]2(C(=O)O)C[C@H](O)[C@@H](NC(=O)CO)[C@H]([C@H](O)[C@H](O)CN=[N+]=[N-])O2)cc1. The van der Waals surface area contributed by atoms with Gasteiger partial charge in [0.05, 0.1) is 31.4 Å². The lowest BCUT2D eigenvalue weighted by Gasteiger charge is -2.46. The highest BCUT2D eigenvalue weighted by molar-refractivity contribution is 8.00. The molecule has 0 unspecified atom stereocenters. The molecule has 1 amide bonds. The van der Waals surface area contributed by atoms with Gasteiger partial charge in [-0.1, -0.05) is 17.2 Å². The summed E-state index contributed by atoms with van der Waals surface area (Å²) in [4.78, 5) is 24.5. The van der Waals surface area contributed by atoms with Gasteiger partial charge in [-0.05, 0) is 23.2 Å². The van der Waals surface area contributed by atoms with Crippen molar-refractivity contribution in [2.75, 3.05) is 19.8 Å². The number of nitrogens with one attached hydrogen (secondary N) is 1. The highest BCUT2D eigenvalue weighted by atomic mass is 32.2. The predicted molar refractivity (Wildman–Crippen MR) is 128 cm³/mol. The molecule has 1 aliphatic rings. The van der Waals surface area contributed by atoms with Crippen LogP contribution in [0.1, 0.15) is 18.4 Å². The molecule has 6 N–H and O–H groups in total. The average molecular weight is 525 g/mol. The summed E-state index contributed by atoms with van der Waals surface area (Å²) in [7, 11) is 0. The largest absolute Gasteiger partial charge is 0.493 e. The molecule has 0 aliphatic carbocycles. The van der Waals surface area contributed by atoms with E-state index in [-0.39, 0.29) is 5.75 Å². The van der Waals surface area contributed by atoms with Crippen molar-refractivity contribution in [2.45, 2.75) is 54.0 Å². The third-order valence-electron chi connectivity index (χ3n) is 5.34. The molecule has 2 rings (SSSR count). The number of aliphatic carboxylic acids is 1. The van der Waals surface area contributed by atoms with Crippen LogP contribution in [0.15, 0.2) is 29.4 Å². The van der Waals surface area contributed by atoms with Crippen molar-refractivity contribution in [1.82, 2.24) is 5.32 Å². The van der Waals surface area contributed by atoms with Crippen LogP contribution in [0.5, 0.6) is 5.75 Å². The fourth-order valence-corrected chi connectivity index (χ4v) is 4.69. The molecule has 36 heavy (non-hydrogen) atoms. The minimum absolute atomic E-state index is 0.126. The number of amides is 1. The van der Waals surface area contributed by atoms with E-state index in [9.17, 15) is 30.0 Å². The Morgan fingerprint density at radius 3 is 2.67 bits per heavy atom. The van der Waals surface area contributed by atoms with E-state index in [1.54, 1.807) is 24.3 Å². The number of ether oxygens (including phenoxy) is 2. The van der Waals surface area contributed by atoms with Crippen LogP contribution in [0.2, 0.25) is 0 Å². The van der Waals surface area contributed by atoms with Gasteiger partial charge in [-0.15, -0.1) is 24.1 Å². The van der Waals surface area contributed by atoms with Crippen molar-refractivity contribution in [1.29, 1.82) is 0 Å². The summed E-state index contributed by atoms with van der Waals surface area (Å²) in [6.45, 7) is -1.16. The number of thioether (sulfide) groups is 1. The van der Waals surface area contributed by atoms with E-state index < -0.39 is 66.8 Å².